The SMILES string of the molecule is CNc1cc(Cl)c(F)cc1C1(C=O)C(CC(C)(C)C)NC(C(=O)NCC2CC(O)C(O)C2)C1c1cccc(Cl)c1. The molecule has 1 heterocycles. The standard InChI is InChI=1S/C30H38Cl2FN3O4/c1-29(2,3)13-25-30(15-37,19-11-21(33)20(32)12-22(19)34-4)26(17-6-5-7-18(31)10-17)27(36-25)28(40)35-14-16-8-23(38)24(39)9-16/h5-7,10-12,15-16,23-27,34,36,38-39H,8-9,13-14H2,1-4H3,(H,35,40). The zero-order valence-corrected chi connectivity index (χ0v) is 24.7. The molecule has 1 aliphatic heterocycles. The zero-order valence-electron chi connectivity index (χ0n) is 23.2. The smallest absolute Gasteiger partial charge is 0.237 e. The number of hydrogen-bond acceptors (Lipinski definition) is 6. The van der Waals surface area contributed by atoms with Gasteiger partial charge in [0.2, 0.25) is 5.91 Å². The van der Waals surface area contributed by atoms with Crippen molar-refractivity contribution in [2.45, 2.75) is 75.7 Å². The molecule has 10 heteroatoms. The number of carbonyl (C=O) groups excluding carboxylic acids is 2. The van der Waals surface area contributed by atoms with Crippen LogP contribution in [0, 0.1) is 17.2 Å². The lowest BCUT2D eigenvalue weighted by atomic mass is 9.62. The van der Waals surface area contributed by atoms with E-state index in [0.717, 1.165) is 6.29 Å². The number of carbonyl (C=O) groups is 2. The van der Waals surface area contributed by atoms with Crippen molar-refractivity contribution in [2.75, 3.05) is 18.9 Å². The number of halogens is 3. The molecule has 1 saturated carbocycles. The van der Waals surface area contributed by atoms with E-state index in [0.29, 0.717) is 41.1 Å². The summed E-state index contributed by atoms with van der Waals surface area (Å²) in [4.78, 5) is 27.4. The predicted octanol–water partition coefficient (Wildman–Crippen LogP) is 4.42. The first-order chi connectivity index (χ1) is 18.8. The van der Waals surface area contributed by atoms with Gasteiger partial charge in [0.25, 0.3) is 0 Å². The molecule has 2 aromatic rings. The van der Waals surface area contributed by atoms with Crippen molar-refractivity contribution in [3.8, 4) is 0 Å². The highest BCUT2D eigenvalue weighted by Crippen LogP contribution is 2.52. The molecule has 1 saturated heterocycles. The zero-order chi connectivity index (χ0) is 29.4. The lowest BCUT2D eigenvalue weighted by Crippen LogP contribution is -2.47. The maximum Gasteiger partial charge on any atom is 0.237 e. The van der Waals surface area contributed by atoms with Crippen molar-refractivity contribution in [1.29, 1.82) is 0 Å². The third kappa shape index (κ3) is 6.02. The Morgan fingerprint density at radius 2 is 1.85 bits per heavy atom. The summed E-state index contributed by atoms with van der Waals surface area (Å²) < 4.78 is 15.1. The molecule has 1 aliphatic carbocycles. The summed E-state index contributed by atoms with van der Waals surface area (Å²) in [6.45, 7) is 6.40. The van der Waals surface area contributed by atoms with Crippen LogP contribution < -0.4 is 16.0 Å². The first-order valence-corrected chi connectivity index (χ1v) is 14.3. The third-order valence-corrected chi connectivity index (χ3v) is 8.79. The predicted molar refractivity (Wildman–Crippen MR) is 155 cm³/mol. The summed E-state index contributed by atoms with van der Waals surface area (Å²) in [5, 5.41) is 29.8. The molecule has 2 aliphatic rings. The second-order valence-electron chi connectivity index (χ2n) is 12.3. The van der Waals surface area contributed by atoms with Crippen LogP contribution in [-0.4, -0.2) is 60.3 Å². The minimum atomic E-state index is -1.37. The third-order valence-electron chi connectivity index (χ3n) is 8.26. The minimum Gasteiger partial charge on any atom is -0.390 e. The Labute approximate surface area is 244 Å². The van der Waals surface area contributed by atoms with Gasteiger partial charge < -0.3 is 31.0 Å². The van der Waals surface area contributed by atoms with Crippen LogP contribution in [0.2, 0.25) is 10.0 Å². The molecule has 40 heavy (non-hydrogen) atoms. The Bertz CT molecular complexity index is 1250. The Hall–Kier alpha value is -2.23. The molecule has 7 nitrogen and oxygen atoms in total. The molecule has 0 radical (unpaired) electrons. The molecule has 4 rings (SSSR count). The molecule has 1 amide bonds. The number of amides is 1. The molecule has 2 fully saturated rings. The van der Waals surface area contributed by atoms with Gasteiger partial charge in [0.15, 0.2) is 0 Å². The van der Waals surface area contributed by atoms with Gasteiger partial charge in [-0.3, -0.25) is 4.79 Å². The van der Waals surface area contributed by atoms with E-state index in [-0.39, 0.29) is 28.8 Å². The Morgan fingerprint density at radius 3 is 2.42 bits per heavy atom. The van der Waals surface area contributed by atoms with E-state index < -0.39 is 41.4 Å². The molecule has 5 N–H and O–H groups in total. The monoisotopic (exact) mass is 593 g/mol. The summed E-state index contributed by atoms with van der Waals surface area (Å²) in [6, 6.07) is 8.39. The van der Waals surface area contributed by atoms with Crippen molar-refractivity contribution in [1.82, 2.24) is 10.6 Å². The fourth-order valence-electron chi connectivity index (χ4n) is 6.48. The largest absolute Gasteiger partial charge is 0.390 e. The number of aliphatic hydroxyl groups is 2. The maximum absolute atomic E-state index is 15.1. The van der Waals surface area contributed by atoms with Crippen molar-refractivity contribution < 1.29 is 24.2 Å². The van der Waals surface area contributed by atoms with Crippen molar-refractivity contribution in [2.24, 2.45) is 11.3 Å². The number of anilines is 1. The number of benzene rings is 2. The van der Waals surface area contributed by atoms with E-state index in [1.807, 2.05) is 26.8 Å². The van der Waals surface area contributed by atoms with E-state index in [4.69, 9.17) is 23.2 Å². The molecular formula is C30H38Cl2FN3O4. The van der Waals surface area contributed by atoms with E-state index in [1.54, 1.807) is 25.2 Å². The van der Waals surface area contributed by atoms with Crippen LogP contribution in [-0.2, 0) is 15.0 Å². The van der Waals surface area contributed by atoms with Gasteiger partial charge in [-0.25, -0.2) is 4.39 Å². The molecule has 0 aromatic heterocycles. The van der Waals surface area contributed by atoms with Crippen LogP contribution in [0.25, 0.3) is 0 Å². The second-order valence-corrected chi connectivity index (χ2v) is 13.2. The van der Waals surface area contributed by atoms with Crippen LogP contribution >= 0.6 is 23.2 Å². The van der Waals surface area contributed by atoms with Crippen molar-refractivity contribution >= 4 is 41.1 Å². The Balaban J connectivity index is 1.86. The van der Waals surface area contributed by atoms with Crippen LogP contribution in [0.15, 0.2) is 36.4 Å². The number of nitrogens with one attached hydrogen (secondary N) is 3. The summed E-state index contributed by atoms with van der Waals surface area (Å²) in [7, 11) is 1.68. The van der Waals surface area contributed by atoms with Gasteiger partial charge in [0, 0.05) is 36.3 Å². The molecule has 0 bridgehead atoms. The topological polar surface area (TPSA) is 111 Å². The van der Waals surface area contributed by atoms with Crippen LogP contribution in [0.3, 0.4) is 0 Å². The molecule has 0 spiro atoms. The average molecular weight is 595 g/mol. The molecule has 2 aromatic carbocycles. The Kier molecular flexibility index (Phi) is 9.17. The van der Waals surface area contributed by atoms with E-state index in [9.17, 15) is 19.8 Å². The highest BCUT2D eigenvalue weighted by Gasteiger charge is 2.60. The molecule has 218 valence electrons. The Morgan fingerprint density at radius 1 is 1.18 bits per heavy atom. The first kappa shape index (κ1) is 30.7. The van der Waals surface area contributed by atoms with Gasteiger partial charge in [0.05, 0.1) is 28.7 Å². The molecule has 6 atom stereocenters. The summed E-state index contributed by atoms with van der Waals surface area (Å²) in [6.07, 6.45) is 0.479. The van der Waals surface area contributed by atoms with Gasteiger partial charge in [0.1, 0.15) is 12.1 Å². The van der Waals surface area contributed by atoms with Crippen LogP contribution in [0.4, 0.5) is 10.1 Å². The highest BCUT2D eigenvalue weighted by atomic mass is 35.5. The summed E-state index contributed by atoms with van der Waals surface area (Å²) in [5.74, 6) is -1.82. The lowest BCUT2D eigenvalue weighted by molar-refractivity contribution is -0.123. The van der Waals surface area contributed by atoms with Crippen LogP contribution in [0.5, 0.6) is 0 Å². The van der Waals surface area contributed by atoms with Crippen molar-refractivity contribution in [3.63, 3.8) is 0 Å². The van der Waals surface area contributed by atoms with Gasteiger partial charge in [-0.15, -0.1) is 0 Å². The summed E-state index contributed by atoms with van der Waals surface area (Å²) in [5.41, 5.74) is -0.0782. The fraction of sp³-hybridized carbons (Fsp3) is 0.533. The first-order valence-electron chi connectivity index (χ1n) is 13.6. The van der Waals surface area contributed by atoms with Gasteiger partial charge in [-0.05, 0) is 66.0 Å². The lowest BCUT2D eigenvalue weighted by Gasteiger charge is -2.39. The number of hydrogen-bond donors (Lipinski definition) is 5. The van der Waals surface area contributed by atoms with Gasteiger partial charge in [-0.2, -0.15) is 0 Å². The highest BCUT2D eigenvalue weighted by molar-refractivity contribution is 6.31. The van der Waals surface area contributed by atoms with E-state index >= 15 is 4.39 Å². The fourth-order valence-corrected chi connectivity index (χ4v) is 6.84. The maximum atomic E-state index is 15.1. The average Bonchev–Trinajstić information content (AvgIpc) is 3.39. The van der Waals surface area contributed by atoms with Crippen molar-refractivity contribution in [3.05, 3.63) is 63.4 Å². The molecule has 6 unspecified atom stereocenters. The minimum absolute atomic E-state index is 0.0811. The van der Waals surface area contributed by atoms with Gasteiger partial charge in [-0.1, -0.05) is 56.1 Å². The normalized spacial score (nSPS) is 30.3. The number of aldehydes is 1. The molecular weight excluding hydrogens is 556 g/mol. The van der Waals surface area contributed by atoms with Crippen LogP contribution in [0.1, 0.15) is 57.1 Å². The van der Waals surface area contributed by atoms with E-state index in [1.165, 1.54) is 12.1 Å². The second kappa shape index (κ2) is 11.9. The van der Waals surface area contributed by atoms with E-state index in [2.05, 4.69) is 16.0 Å². The number of aliphatic hydroxyl groups excluding tert-OH is 2. The van der Waals surface area contributed by atoms with Gasteiger partial charge >= 0.3 is 0 Å². The quantitative estimate of drug-likeness (QED) is 0.290. The summed E-state index contributed by atoms with van der Waals surface area (Å²) >= 11 is 12.6. The number of rotatable bonds is 8.